The smallest absolute Gasteiger partial charge is 0.456 e. The summed E-state index contributed by atoms with van der Waals surface area (Å²) in [5, 5.41) is 0. The molecule has 4 saturated carbocycles. The molecule has 0 aromatic carbocycles. The number of ether oxygens (including phenoxy) is 2. The second-order valence-electron chi connectivity index (χ2n) is 11.8. The minimum atomic E-state index is -5.01. The predicted molar refractivity (Wildman–Crippen MR) is 113 cm³/mol. The molecule has 0 spiro atoms. The number of alkyl halides is 6. The highest BCUT2D eigenvalue weighted by Crippen LogP contribution is 2.68. The Morgan fingerprint density at radius 3 is 2.03 bits per heavy atom. The van der Waals surface area contributed by atoms with Gasteiger partial charge in [0.05, 0.1) is 0 Å². The molecule has 0 amide bonds. The van der Waals surface area contributed by atoms with E-state index >= 15 is 0 Å². The second-order valence-corrected chi connectivity index (χ2v) is 11.8. The van der Waals surface area contributed by atoms with E-state index in [0.717, 1.165) is 32.1 Å². The van der Waals surface area contributed by atoms with Gasteiger partial charge in [0.1, 0.15) is 12.2 Å². The lowest BCUT2D eigenvalue weighted by molar-refractivity contribution is -0.212. The molecule has 0 bridgehead atoms. The topological polar surface area (TPSA) is 52.6 Å². The third kappa shape index (κ3) is 4.67. The Hall–Kier alpha value is -1.48. The zero-order chi connectivity index (χ0) is 26.0. The molecule has 0 aliphatic heterocycles. The van der Waals surface area contributed by atoms with E-state index in [1.54, 1.807) is 6.92 Å². The molecule has 0 saturated heterocycles. The van der Waals surface area contributed by atoms with Crippen LogP contribution in [0.15, 0.2) is 0 Å². The van der Waals surface area contributed by atoms with Crippen LogP contribution in [-0.4, -0.2) is 36.5 Å². The van der Waals surface area contributed by atoms with Gasteiger partial charge in [0.2, 0.25) is 0 Å². The van der Waals surface area contributed by atoms with Gasteiger partial charge in [0.25, 0.3) is 0 Å². The van der Waals surface area contributed by atoms with E-state index in [9.17, 15) is 35.9 Å². The van der Waals surface area contributed by atoms with Gasteiger partial charge in [-0.1, -0.05) is 13.8 Å². The molecule has 0 N–H and O–H groups in total. The minimum Gasteiger partial charge on any atom is -0.456 e. The summed E-state index contributed by atoms with van der Waals surface area (Å²) in [6.07, 6.45) is -4.92. The fourth-order valence-corrected chi connectivity index (χ4v) is 8.67. The van der Waals surface area contributed by atoms with Gasteiger partial charge in [-0.2, -0.15) is 26.3 Å². The van der Waals surface area contributed by atoms with Crippen LogP contribution in [0.5, 0.6) is 0 Å². The highest BCUT2D eigenvalue weighted by molar-refractivity contribution is 5.76. The van der Waals surface area contributed by atoms with Crippen LogP contribution in [0.2, 0.25) is 0 Å². The summed E-state index contributed by atoms with van der Waals surface area (Å²) in [7, 11) is 0. The van der Waals surface area contributed by atoms with Gasteiger partial charge in [-0.05, 0) is 99.2 Å². The number of rotatable bonds is 3. The van der Waals surface area contributed by atoms with Crippen LogP contribution in [0.25, 0.3) is 0 Å². The Morgan fingerprint density at radius 2 is 1.40 bits per heavy atom. The van der Waals surface area contributed by atoms with Crippen molar-refractivity contribution in [3.8, 4) is 0 Å². The third-order valence-electron chi connectivity index (χ3n) is 10.3. The van der Waals surface area contributed by atoms with E-state index in [1.165, 1.54) is 0 Å². The second kappa shape index (κ2) is 8.82. The van der Waals surface area contributed by atoms with Crippen molar-refractivity contribution in [2.45, 2.75) is 103 Å². The SMILES string of the molecule is C[C@@H](OC(=O)C(F)(F)F)[C@H]1CCC2C3CC[C@H]4C[C@@H](OC(=O)C(F)(F)F)CC[C@]4(C)C3CC[C@@]21C. The molecule has 4 aliphatic rings. The first-order valence-corrected chi connectivity index (χ1v) is 12.6. The van der Waals surface area contributed by atoms with Crippen molar-refractivity contribution in [2.24, 2.45) is 40.4 Å². The fourth-order valence-electron chi connectivity index (χ4n) is 8.67. The largest absolute Gasteiger partial charge is 0.490 e. The highest BCUT2D eigenvalue weighted by atomic mass is 19.4. The average Bonchev–Trinajstić information content (AvgIpc) is 3.10. The first-order valence-electron chi connectivity index (χ1n) is 12.6. The van der Waals surface area contributed by atoms with Crippen molar-refractivity contribution in [3.63, 3.8) is 0 Å². The van der Waals surface area contributed by atoms with E-state index in [4.69, 9.17) is 9.47 Å². The van der Waals surface area contributed by atoms with E-state index in [0.29, 0.717) is 43.4 Å². The van der Waals surface area contributed by atoms with Crippen molar-refractivity contribution >= 4 is 11.9 Å². The van der Waals surface area contributed by atoms with Gasteiger partial charge in [-0.25, -0.2) is 9.59 Å². The standard InChI is InChI=1S/C25H34F6O4/c1-13(34-20(32)24(26,27)28)17-6-7-18-16-5-4-14-12-15(35-21(33)25(29,30)31)8-10-22(14,2)19(16)9-11-23(17,18)3/h13-19H,4-12H2,1-3H3/t13-,14+,15+,16?,17-,18?,19?,22+,23-/m1/s1. The molecule has 9 atom stereocenters. The van der Waals surface area contributed by atoms with Crippen molar-refractivity contribution in [1.82, 2.24) is 0 Å². The van der Waals surface area contributed by atoms with Gasteiger partial charge in [0.15, 0.2) is 0 Å². The fraction of sp³-hybridized carbons (Fsp3) is 0.920. The van der Waals surface area contributed by atoms with Crippen LogP contribution in [0.3, 0.4) is 0 Å². The summed E-state index contributed by atoms with van der Waals surface area (Å²) in [5.41, 5.74) is -0.271. The molecule has 4 rings (SSSR count). The minimum absolute atomic E-state index is 0.0577. The summed E-state index contributed by atoms with van der Waals surface area (Å²) < 4.78 is 85.8. The lowest BCUT2D eigenvalue weighted by Crippen LogP contribution is -2.55. The van der Waals surface area contributed by atoms with Gasteiger partial charge in [-0.3, -0.25) is 0 Å². The zero-order valence-electron chi connectivity index (χ0n) is 20.3. The monoisotopic (exact) mass is 512 g/mol. The van der Waals surface area contributed by atoms with Crippen molar-refractivity contribution < 1.29 is 45.4 Å². The van der Waals surface area contributed by atoms with Crippen LogP contribution in [0.4, 0.5) is 26.3 Å². The van der Waals surface area contributed by atoms with E-state index in [1.807, 2.05) is 0 Å². The Morgan fingerprint density at radius 1 is 0.800 bits per heavy atom. The molecule has 0 aromatic rings. The maximum Gasteiger partial charge on any atom is 0.490 e. The molecule has 4 fully saturated rings. The van der Waals surface area contributed by atoms with Gasteiger partial charge >= 0.3 is 24.3 Å². The van der Waals surface area contributed by atoms with Crippen LogP contribution in [0, 0.1) is 40.4 Å². The molecule has 4 aliphatic carbocycles. The number of esters is 2. The van der Waals surface area contributed by atoms with E-state index in [-0.39, 0.29) is 22.7 Å². The van der Waals surface area contributed by atoms with Crippen molar-refractivity contribution in [1.29, 1.82) is 0 Å². The third-order valence-corrected chi connectivity index (χ3v) is 10.3. The Balaban J connectivity index is 1.44. The Bertz CT molecular complexity index is 841. The van der Waals surface area contributed by atoms with Crippen molar-refractivity contribution in [2.75, 3.05) is 0 Å². The van der Waals surface area contributed by atoms with Crippen LogP contribution in [0.1, 0.15) is 78.6 Å². The molecule has 0 aromatic heterocycles. The first kappa shape index (κ1) is 26.6. The Labute approximate surface area is 201 Å². The van der Waals surface area contributed by atoms with Crippen LogP contribution >= 0.6 is 0 Å². The summed E-state index contributed by atoms with van der Waals surface area (Å²) >= 11 is 0. The summed E-state index contributed by atoms with van der Waals surface area (Å²) in [4.78, 5) is 22.8. The maximum atomic E-state index is 12.7. The lowest BCUT2D eigenvalue weighted by atomic mass is 9.44. The lowest BCUT2D eigenvalue weighted by Gasteiger charge is -2.61. The molecule has 0 radical (unpaired) electrons. The quantitative estimate of drug-likeness (QED) is 0.315. The van der Waals surface area contributed by atoms with E-state index in [2.05, 4.69) is 13.8 Å². The van der Waals surface area contributed by atoms with E-state index < -0.39 is 36.5 Å². The molecule has 3 unspecified atom stereocenters. The molecular weight excluding hydrogens is 478 g/mol. The van der Waals surface area contributed by atoms with Gasteiger partial charge < -0.3 is 9.47 Å². The summed E-state index contributed by atoms with van der Waals surface area (Å²) in [5.74, 6) is -3.13. The normalized spacial score (nSPS) is 42.3. The van der Waals surface area contributed by atoms with Gasteiger partial charge in [0, 0.05) is 5.92 Å². The molecular formula is C25H34F6O4. The Kier molecular flexibility index (Phi) is 6.70. The summed E-state index contributed by atoms with van der Waals surface area (Å²) in [6, 6.07) is 0. The van der Waals surface area contributed by atoms with Crippen molar-refractivity contribution in [3.05, 3.63) is 0 Å². The number of fused-ring (bicyclic) bond motifs is 5. The first-order chi connectivity index (χ1) is 16.1. The summed E-state index contributed by atoms with van der Waals surface area (Å²) in [6.45, 7) is 5.92. The average molecular weight is 513 g/mol. The van der Waals surface area contributed by atoms with Crippen LogP contribution in [-0.2, 0) is 19.1 Å². The maximum absolute atomic E-state index is 12.7. The molecule has 10 heteroatoms. The number of hydrogen-bond donors (Lipinski definition) is 0. The number of hydrogen-bond acceptors (Lipinski definition) is 4. The number of carbonyl (C=O) groups is 2. The van der Waals surface area contributed by atoms with Crippen LogP contribution < -0.4 is 0 Å². The number of halogens is 6. The number of carbonyl (C=O) groups excluding carboxylic acids is 2. The predicted octanol–water partition coefficient (Wildman–Crippen LogP) is 6.61. The molecule has 200 valence electrons. The molecule has 4 nitrogen and oxygen atoms in total. The highest BCUT2D eigenvalue weighted by Gasteiger charge is 2.61. The van der Waals surface area contributed by atoms with Gasteiger partial charge in [-0.15, -0.1) is 0 Å². The zero-order valence-corrected chi connectivity index (χ0v) is 20.3. The molecule has 35 heavy (non-hydrogen) atoms. The molecule has 0 heterocycles.